The van der Waals surface area contributed by atoms with Gasteiger partial charge in [0.15, 0.2) is 0 Å². The first-order valence-electron chi connectivity index (χ1n) is 8.94. The van der Waals surface area contributed by atoms with E-state index in [9.17, 15) is 13.2 Å². The highest BCUT2D eigenvalue weighted by Gasteiger charge is 2.27. The van der Waals surface area contributed by atoms with Gasteiger partial charge in [0.2, 0.25) is 10.0 Å². The maximum absolute atomic E-state index is 12.8. The highest BCUT2D eigenvalue weighted by molar-refractivity contribution is 7.89. The van der Waals surface area contributed by atoms with Gasteiger partial charge in [0.05, 0.1) is 37.9 Å². The Labute approximate surface area is 169 Å². The van der Waals surface area contributed by atoms with Crippen molar-refractivity contribution in [3.63, 3.8) is 0 Å². The molecule has 29 heavy (non-hydrogen) atoms. The lowest BCUT2D eigenvalue weighted by molar-refractivity contribution is 0.0600. The molecular formula is C20H22N2O6S. The number of sulfonamides is 1. The van der Waals surface area contributed by atoms with E-state index in [1.807, 2.05) is 0 Å². The molecule has 8 nitrogen and oxygen atoms in total. The summed E-state index contributed by atoms with van der Waals surface area (Å²) in [6.07, 6.45) is 1.61. The second-order valence-electron chi connectivity index (χ2n) is 6.22. The van der Waals surface area contributed by atoms with E-state index in [0.717, 1.165) is 5.56 Å². The maximum atomic E-state index is 12.8. The number of hydrogen-bond acceptors (Lipinski definition) is 7. The van der Waals surface area contributed by atoms with Crippen LogP contribution in [0.25, 0.3) is 0 Å². The van der Waals surface area contributed by atoms with Crippen LogP contribution in [0, 0.1) is 0 Å². The maximum Gasteiger partial charge on any atom is 0.337 e. The Morgan fingerprint density at radius 3 is 2.41 bits per heavy atom. The fraction of sp³-hybridized carbons (Fsp3) is 0.300. The van der Waals surface area contributed by atoms with Gasteiger partial charge in [-0.15, -0.1) is 0 Å². The Balaban J connectivity index is 1.82. The van der Waals surface area contributed by atoms with Crippen LogP contribution in [0.1, 0.15) is 15.9 Å². The third-order valence-electron chi connectivity index (χ3n) is 4.44. The topological polar surface area (TPSA) is 94.5 Å². The molecular weight excluding hydrogens is 396 g/mol. The number of nitrogens with zero attached hydrogens (tertiary/aromatic N) is 2. The van der Waals surface area contributed by atoms with Gasteiger partial charge in [-0.3, -0.25) is 4.99 Å². The van der Waals surface area contributed by atoms with Gasteiger partial charge in [-0.05, 0) is 29.8 Å². The number of morpholine rings is 1. The van der Waals surface area contributed by atoms with Crippen molar-refractivity contribution in [2.75, 3.05) is 40.5 Å². The molecule has 3 rings (SSSR count). The number of esters is 1. The minimum atomic E-state index is -3.62. The van der Waals surface area contributed by atoms with Crippen LogP contribution < -0.4 is 4.74 Å². The number of rotatable bonds is 6. The minimum Gasteiger partial charge on any atom is -0.494 e. The van der Waals surface area contributed by atoms with E-state index in [1.165, 1.54) is 30.7 Å². The van der Waals surface area contributed by atoms with Crippen molar-refractivity contribution in [3.05, 3.63) is 53.6 Å². The molecule has 1 saturated heterocycles. The van der Waals surface area contributed by atoms with Crippen molar-refractivity contribution in [3.8, 4) is 5.75 Å². The van der Waals surface area contributed by atoms with Crippen molar-refractivity contribution in [2.45, 2.75) is 4.90 Å². The fourth-order valence-electron chi connectivity index (χ4n) is 2.83. The molecule has 1 aliphatic heterocycles. The lowest BCUT2D eigenvalue weighted by Crippen LogP contribution is -2.40. The standard InChI is InChI=1S/C20H22N2O6S/c1-26-19-13-17(29(24,25)22-9-11-28-12-10-22)7-8-18(19)21-14-15-3-5-16(6-4-15)20(23)27-2/h3-8,13-14H,9-12H2,1-2H3. The van der Waals surface area contributed by atoms with Crippen LogP contribution in [0.15, 0.2) is 52.4 Å². The molecule has 1 fully saturated rings. The molecule has 9 heteroatoms. The van der Waals surface area contributed by atoms with Crippen LogP contribution >= 0.6 is 0 Å². The zero-order valence-electron chi connectivity index (χ0n) is 16.2. The number of ether oxygens (including phenoxy) is 3. The van der Waals surface area contributed by atoms with E-state index in [0.29, 0.717) is 43.3 Å². The van der Waals surface area contributed by atoms with E-state index < -0.39 is 16.0 Å². The summed E-state index contributed by atoms with van der Waals surface area (Å²) in [4.78, 5) is 16.0. The smallest absolute Gasteiger partial charge is 0.337 e. The van der Waals surface area contributed by atoms with Gasteiger partial charge in [0.25, 0.3) is 0 Å². The highest BCUT2D eigenvalue weighted by Crippen LogP contribution is 2.31. The van der Waals surface area contributed by atoms with E-state index in [2.05, 4.69) is 9.73 Å². The van der Waals surface area contributed by atoms with Gasteiger partial charge in [0.1, 0.15) is 11.4 Å². The Hall–Kier alpha value is -2.75. The molecule has 0 radical (unpaired) electrons. The monoisotopic (exact) mass is 418 g/mol. The molecule has 1 heterocycles. The third kappa shape index (κ3) is 4.81. The van der Waals surface area contributed by atoms with Crippen molar-refractivity contribution >= 4 is 27.9 Å². The zero-order chi connectivity index (χ0) is 20.9. The van der Waals surface area contributed by atoms with Gasteiger partial charge in [-0.2, -0.15) is 4.31 Å². The first-order chi connectivity index (χ1) is 14.0. The average Bonchev–Trinajstić information content (AvgIpc) is 2.77. The predicted octanol–water partition coefficient (Wildman–Crippen LogP) is 2.25. The first kappa shape index (κ1) is 21.0. The number of aliphatic imine (C=N–C) groups is 1. The van der Waals surface area contributed by atoms with Crippen molar-refractivity contribution in [2.24, 2.45) is 4.99 Å². The molecule has 0 unspecified atom stereocenters. The van der Waals surface area contributed by atoms with Crippen LogP contribution in [-0.2, 0) is 19.5 Å². The molecule has 0 amide bonds. The summed E-state index contributed by atoms with van der Waals surface area (Å²) >= 11 is 0. The summed E-state index contributed by atoms with van der Waals surface area (Å²) in [5.74, 6) is -0.0611. The molecule has 0 aliphatic carbocycles. The lowest BCUT2D eigenvalue weighted by atomic mass is 10.1. The molecule has 0 spiro atoms. The molecule has 1 aliphatic rings. The Morgan fingerprint density at radius 2 is 1.79 bits per heavy atom. The molecule has 2 aromatic rings. The lowest BCUT2D eigenvalue weighted by Gasteiger charge is -2.26. The molecule has 0 aromatic heterocycles. The molecule has 0 bridgehead atoms. The summed E-state index contributed by atoms with van der Waals surface area (Å²) in [5.41, 5.74) is 1.70. The summed E-state index contributed by atoms with van der Waals surface area (Å²) in [6, 6.07) is 11.3. The summed E-state index contributed by atoms with van der Waals surface area (Å²) in [6.45, 7) is 1.42. The Kier molecular flexibility index (Phi) is 6.63. The quantitative estimate of drug-likeness (QED) is 0.528. The number of carbonyl (C=O) groups is 1. The fourth-order valence-corrected chi connectivity index (χ4v) is 4.25. The van der Waals surface area contributed by atoms with Crippen molar-refractivity contribution in [1.29, 1.82) is 0 Å². The summed E-state index contributed by atoms with van der Waals surface area (Å²) < 4.78 is 42.2. The molecule has 0 atom stereocenters. The van der Waals surface area contributed by atoms with Gasteiger partial charge in [-0.25, -0.2) is 13.2 Å². The average molecular weight is 418 g/mol. The van der Waals surface area contributed by atoms with Gasteiger partial charge in [0, 0.05) is 25.4 Å². The molecule has 0 N–H and O–H groups in total. The summed E-state index contributed by atoms with van der Waals surface area (Å²) in [5, 5.41) is 0. The Bertz CT molecular complexity index is 996. The first-order valence-corrected chi connectivity index (χ1v) is 10.4. The number of benzene rings is 2. The SMILES string of the molecule is COC(=O)c1ccc(C=Nc2ccc(S(=O)(=O)N3CCOCC3)cc2OC)cc1. The molecule has 154 valence electrons. The predicted molar refractivity (Wildman–Crippen MR) is 108 cm³/mol. The minimum absolute atomic E-state index is 0.151. The van der Waals surface area contributed by atoms with Gasteiger partial charge >= 0.3 is 5.97 Å². The number of hydrogen-bond donors (Lipinski definition) is 0. The number of methoxy groups -OCH3 is 2. The van der Waals surface area contributed by atoms with E-state index in [4.69, 9.17) is 9.47 Å². The van der Waals surface area contributed by atoms with Gasteiger partial charge < -0.3 is 14.2 Å². The molecule has 0 saturated carbocycles. The van der Waals surface area contributed by atoms with Crippen LogP contribution in [0.4, 0.5) is 5.69 Å². The van der Waals surface area contributed by atoms with Crippen LogP contribution in [-0.4, -0.2) is 65.4 Å². The van der Waals surface area contributed by atoms with Crippen molar-refractivity contribution < 1.29 is 27.4 Å². The normalized spacial score (nSPS) is 15.4. The number of carbonyl (C=O) groups excluding carboxylic acids is 1. The Morgan fingerprint density at radius 1 is 1.10 bits per heavy atom. The second kappa shape index (κ2) is 9.17. The molecule has 2 aromatic carbocycles. The van der Waals surface area contributed by atoms with E-state index >= 15 is 0 Å². The summed E-state index contributed by atoms with van der Waals surface area (Å²) in [7, 11) is -0.827. The largest absolute Gasteiger partial charge is 0.494 e. The third-order valence-corrected chi connectivity index (χ3v) is 6.34. The van der Waals surface area contributed by atoms with Crippen molar-refractivity contribution in [1.82, 2.24) is 4.31 Å². The van der Waals surface area contributed by atoms with Crippen LogP contribution in [0.2, 0.25) is 0 Å². The second-order valence-corrected chi connectivity index (χ2v) is 8.16. The van der Waals surface area contributed by atoms with Crippen LogP contribution in [0.3, 0.4) is 0 Å². The van der Waals surface area contributed by atoms with Gasteiger partial charge in [-0.1, -0.05) is 12.1 Å². The van der Waals surface area contributed by atoms with E-state index in [1.54, 1.807) is 36.5 Å². The zero-order valence-corrected chi connectivity index (χ0v) is 17.0. The highest BCUT2D eigenvalue weighted by atomic mass is 32.2. The van der Waals surface area contributed by atoms with E-state index in [-0.39, 0.29) is 4.90 Å². The van der Waals surface area contributed by atoms with Crippen LogP contribution in [0.5, 0.6) is 5.75 Å².